The molecule has 55 heavy (non-hydrogen) atoms. The molecule has 0 aromatic heterocycles. The maximum atomic E-state index is 13.0. The number of hydrogen-bond acceptors (Lipinski definition) is 4. The maximum absolute atomic E-state index is 13.0. The van der Waals surface area contributed by atoms with Gasteiger partial charge in [-0.15, -0.1) is 0 Å². The van der Waals surface area contributed by atoms with Gasteiger partial charge in [-0.3, -0.25) is 9.59 Å². The predicted octanol–water partition coefficient (Wildman–Crippen LogP) is 9.95. The largest absolute Gasteiger partial charge is 0.449 e. The number of amides is 3. The molecule has 8 atom stereocenters. The fourth-order valence-corrected chi connectivity index (χ4v) is 12.4. The van der Waals surface area contributed by atoms with Gasteiger partial charge >= 0.3 is 6.09 Å². The van der Waals surface area contributed by atoms with Crippen molar-refractivity contribution in [2.75, 3.05) is 19.7 Å². The highest BCUT2D eigenvalue weighted by molar-refractivity contribution is 5.80. The van der Waals surface area contributed by atoms with Gasteiger partial charge in [-0.2, -0.15) is 0 Å². The molecule has 3 amide bonds. The third kappa shape index (κ3) is 8.28. The Balaban J connectivity index is 0.804. The molecule has 0 aliphatic heterocycles. The number of hydrogen-bond donors (Lipinski definition) is 3. The van der Waals surface area contributed by atoms with E-state index in [1.54, 1.807) is 5.57 Å². The van der Waals surface area contributed by atoms with E-state index < -0.39 is 6.09 Å². The van der Waals surface area contributed by atoms with Crippen LogP contribution in [0.25, 0.3) is 11.1 Å². The van der Waals surface area contributed by atoms with Crippen LogP contribution in [0.15, 0.2) is 60.2 Å². The highest BCUT2D eigenvalue weighted by Crippen LogP contribution is 2.67. The van der Waals surface area contributed by atoms with Crippen molar-refractivity contribution in [3.05, 3.63) is 71.3 Å². The Bertz CT molecular complexity index is 1690. The van der Waals surface area contributed by atoms with Crippen LogP contribution in [0, 0.1) is 46.3 Å². The second-order valence-electron chi connectivity index (χ2n) is 18.9. The number of allylic oxidation sites excluding steroid dienone is 1. The van der Waals surface area contributed by atoms with E-state index in [9.17, 15) is 14.4 Å². The molecule has 5 aliphatic rings. The standard InChI is InChI=1S/C48H67N3O4/c1-31(2)11-10-12-32(3)41-19-20-42-39-18-17-33-29-34(21-25-47(33,4)43(39)22-26-48(41,42)5)51-45(53)24-27-49-44(52)23-28-50-46(54)55-30-40-37-15-8-6-13-35(37)36-14-7-9-16-38(36)40/h6-9,13-17,31-32,34,39-43H,10-12,18-30H2,1-5H3,(H,49,52)(H,50,54)(H,51,53)/t32-,34+,39+,41?,42+,43?,47?,48?/m1/s1. The van der Waals surface area contributed by atoms with E-state index in [2.05, 4.69) is 80.9 Å². The van der Waals surface area contributed by atoms with Crippen LogP contribution >= 0.6 is 0 Å². The van der Waals surface area contributed by atoms with E-state index in [0.717, 1.165) is 65.9 Å². The molecule has 2 aromatic rings. The molecule has 0 heterocycles. The molecule has 4 unspecified atom stereocenters. The normalized spacial score (nSPS) is 29.9. The van der Waals surface area contributed by atoms with Crippen molar-refractivity contribution in [2.45, 2.75) is 130 Å². The molecule has 0 radical (unpaired) electrons. The molecule has 298 valence electrons. The molecule has 0 saturated heterocycles. The first-order chi connectivity index (χ1) is 26.5. The zero-order valence-corrected chi connectivity index (χ0v) is 34.3. The molecule has 7 rings (SSSR count). The number of carbonyl (C=O) groups is 3. The Morgan fingerprint density at radius 1 is 0.800 bits per heavy atom. The van der Waals surface area contributed by atoms with Crippen LogP contribution in [0.2, 0.25) is 0 Å². The summed E-state index contributed by atoms with van der Waals surface area (Å²) in [6.45, 7) is 13.2. The lowest BCUT2D eigenvalue weighted by molar-refractivity contribution is -0.123. The van der Waals surface area contributed by atoms with Crippen molar-refractivity contribution in [3.63, 3.8) is 0 Å². The average Bonchev–Trinajstić information content (AvgIpc) is 3.68. The zero-order valence-electron chi connectivity index (χ0n) is 34.3. The van der Waals surface area contributed by atoms with Crippen LogP contribution in [0.3, 0.4) is 0 Å². The van der Waals surface area contributed by atoms with Crippen LogP contribution in [0.5, 0.6) is 0 Å². The average molecular weight is 750 g/mol. The highest BCUT2D eigenvalue weighted by atomic mass is 16.5. The Morgan fingerprint density at radius 2 is 1.49 bits per heavy atom. The van der Waals surface area contributed by atoms with Gasteiger partial charge in [-0.1, -0.05) is 114 Å². The summed E-state index contributed by atoms with van der Waals surface area (Å²) < 4.78 is 5.58. The summed E-state index contributed by atoms with van der Waals surface area (Å²) in [6.07, 6.45) is 16.5. The van der Waals surface area contributed by atoms with E-state index in [4.69, 9.17) is 4.74 Å². The summed E-state index contributed by atoms with van der Waals surface area (Å²) in [5, 5.41) is 8.85. The van der Waals surface area contributed by atoms with Crippen LogP contribution in [-0.4, -0.2) is 43.6 Å². The van der Waals surface area contributed by atoms with E-state index >= 15 is 0 Å². The van der Waals surface area contributed by atoms with Gasteiger partial charge in [0, 0.05) is 37.9 Å². The number of ether oxygens (including phenoxy) is 1. The zero-order chi connectivity index (χ0) is 38.7. The molecule has 3 fully saturated rings. The lowest BCUT2D eigenvalue weighted by Gasteiger charge is -2.58. The summed E-state index contributed by atoms with van der Waals surface area (Å²) in [4.78, 5) is 38.0. The van der Waals surface area contributed by atoms with Gasteiger partial charge in [-0.25, -0.2) is 4.79 Å². The van der Waals surface area contributed by atoms with Crippen molar-refractivity contribution in [1.82, 2.24) is 16.0 Å². The lowest BCUT2D eigenvalue weighted by atomic mass is 9.47. The maximum Gasteiger partial charge on any atom is 0.407 e. The lowest BCUT2D eigenvalue weighted by Crippen LogP contribution is -2.52. The Labute approximate surface area is 330 Å². The molecular formula is C48H67N3O4. The number of carbonyl (C=O) groups excluding carboxylic acids is 3. The first-order valence-corrected chi connectivity index (χ1v) is 21.8. The first-order valence-electron chi connectivity index (χ1n) is 21.8. The molecule has 3 saturated carbocycles. The van der Waals surface area contributed by atoms with Crippen LogP contribution in [0.4, 0.5) is 4.79 Å². The van der Waals surface area contributed by atoms with Crippen LogP contribution < -0.4 is 16.0 Å². The summed E-state index contributed by atoms with van der Waals surface area (Å²) in [5.74, 6) is 4.75. The van der Waals surface area contributed by atoms with Gasteiger partial charge in [0.25, 0.3) is 0 Å². The smallest absolute Gasteiger partial charge is 0.407 e. The van der Waals surface area contributed by atoms with E-state index in [1.165, 1.54) is 62.5 Å². The summed E-state index contributed by atoms with van der Waals surface area (Å²) in [6, 6.07) is 16.6. The van der Waals surface area contributed by atoms with Crippen molar-refractivity contribution in [1.29, 1.82) is 0 Å². The van der Waals surface area contributed by atoms with Gasteiger partial charge in [0.1, 0.15) is 6.61 Å². The topological polar surface area (TPSA) is 96.5 Å². The molecular weight excluding hydrogens is 683 g/mol. The van der Waals surface area contributed by atoms with Crippen molar-refractivity contribution in [2.24, 2.45) is 46.3 Å². The highest BCUT2D eigenvalue weighted by Gasteiger charge is 2.59. The van der Waals surface area contributed by atoms with E-state index in [0.29, 0.717) is 5.41 Å². The van der Waals surface area contributed by atoms with Gasteiger partial charge in [0.05, 0.1) is 0 Å². The fraction of sp³-hybridized carbons (Fsp3) is 0.646. The first kappa shape index (κ1) is 39.6. The molecule has 3 N–H and O–H groups in total. The van der Waals surface area contributed by atoms with Crippen molar-refractivity contribution in [3.8, 4) is 11.1 Å². The van der Waals surface area contributed by atoms with Crippen molar-refractivity contribution < 1.29 is 19.1 Å². The van der Waals surface area contributed by atoms with Crippen molar-refractivity contribution >= 4 is 17.9 Å². The minimum atomic E-state index is -0.534. The molecule has 5 aliphatic carbocycles. The van der Waals surface area contributed by atoms with E-state index in [-0.39, 0.29) is 61.7 Å². The number of benzene rings is 2. The second-order valence-corrected chi connectivity index (χ2v) is 18.9. The molecule has 0 bridgehead atoms. The fourth-order valence-electron chi connectivity index (χ4n) is 12.4. The number of alkyl carbamates (subject to hydrolysis) is 1. The van der Waals surface area contributed by atoms with Crippen LogP contribution in [-0.2, 0) is 14.3 Å². The predicted molar refractivity (Wildman–Crippen MR) is 220 cm³/mol. The third-order valence-corrected chi connectivity index (χ3v) is 15.3. The van der Waals surface area contributed by atoms with Gasteiger partial charge < -0.3 is 20.7 Å². The summed E-state index contributed by atoms with van der Waals surface area (Å²) in [7, 11) is 0. The molecule has 7 nitrogen and oxygen atoms in total. The number of nitrogens with one attached hydrogen (secondary N) is 3. The SMILES string of the molecule is CC(C)CCC[C@@H](C)C1CC[C@H]2[C@@H]3CC=C4C[C@@H](NC(=O)CCNC(=O)CCNC(=O)OCC5c6ccccc6-c6ccccc65)CCC4(C)C3CCC12C. The number of rotatable bonds is 14. The molecule has 2 aromatic carbocycles. The third-order valence-electron chi connectivity index (χ3n) is 15.3. The molecule has 0 spiro atoms. The molecule has 7 heteroatoms. The Morgan fingerprint density at radius 3 is 2.22 bits per heavy atom. The monoisotopic (exact) mass is 750 g/mol. The van der Waals surface area contributed by atoms with Crippen LogP contribution in [0.1, 0.15) is 135 Å². The quantitative estimate of drug-likeness (QED) is 0.168. The Kier molecular flexibility index (Phi) is 12.1. The van der Waals surface area contributed by atoms with E-state index in [1.807, 2.05) is 24.3 Å². The summed E-state index contributed by atoms with van der Waals surface area (Å²) in [5.41, 5.74) is 7.02. The van der Waals surface area contributed by atoms with Gasteiger partial charge in [-0.05, 0) is 120 Å². The number of fused-ring (bicyclic) bond motifs is 8. The summed E-state index contributed by atoms with van der Waals surface area (Å²) >= 11 is 0. The second kappa shape index (κ2) is 16.9. The van der Waals surface area contributed by atoms with Gasteiger partial charge in [0.2, 0.25) is 11.8 Å². The minimum absolute atomic E-state index is 0.00658. The van der Waals surface area contributed by atoms with Gasteiger partial charge in [0.15, 0.2) is 0 Å². The minimum Gasteiger partial charge on any atom is -0.449 e. The Hall–Kier alpha value is -3.61.